The largest absolute Gasteiger partial charge is 0.488 e. The van der Waals surface area contributed by atoms with Crippen LogP contribution in [0.15, 0.2) is 84.0 Å². The van der Waals surface area contributed by atoms with Gasteiger partial charge in [0.2, 0.25) is 0 Å². The Kier molecular flexibility index (Phi) is 5.62. The molecule has 0 radical (unpaired) electrons. The van der Waals surface area contributed by atoms with Crippen molar-refractivity contribution in [2.75, 3.05) is 5.43 Å². The number of carbonyl (C=O) groups is 1. The molecule has 26 heavy (non-hydrogen) atoms. The SMILES string of the molecule is O=C(O)c1ccc(COc2ccccc2/C=N\Nc2ccccc2)cc1. The van der Waals surface area contributed by atoms with Gasteiger partial charge in [0.25, 0.3) is 0 Å². The number of nitrogens with one attached hydrogen (secondary N) is 1. The molecule has 0 heterocycles. The van der Waals surface area contributed by atoms with E-state index in [1.54, 1.807) is 30.5 Å². The molecular formula is C21H18N2O3. The first-order valence-electron chi connectivity index (χ1n) is 8.10. The van der Waals surface area contributed by atoms with Crippen LogP contribution in [-0.2, 0) is 6.61 Å². The molecule has 0 saturated heterocycles. The van der Waals surface area contributed by atoms with Gasteiger partial charge in [0.1, 0.15) is 12.4 Å². The first-order valence-corrected chi connectivity index (χ1v) is 8.10. The molecule has 3 rings (SSSR count). The molecule has 3 aromatic carbocycles. The third-order valence-corrected chi connectivity index (χ3v) is 3.69. The second kappa shape index (κ2) is 8.48. The Morgan fingerprint density at radius 1 is 0.962 bits per heavy atom. The lowest BCUT2D eigenvalue weighted by molar-refractivity contribution is 0.0697. The van der Waals surface area contributed by atoms with Crippen LogP contribution in [0.2, 0.25) is 0 Å². The van der Waals surface area contributed by atoms with Crippen molar-refractivity contribution < 1.29 is 14.6 Å². The highest BCUT2D eigenvalue weighted by atomic mass is 16.5. The van der Waals surface area contributed by atoms with Gasteiger partial charge in [0.15, 0.2) is 0 Å². The minimum atomic E-state index is -0.940. The van der Waals surface area contributed by atoms with Crippen molar-refractivity contribution >= 4 is 17.9 Å². The van der Waals surface area contributed by atoms with E-state index in [0.717, 1.165) is 16.8 Å². The molecule has 0 amide bonds. The van der Waals surface area contributed by atoms with Gasteiger partial charge in [-0.3, -0.25) is 5.43 Å². The molecular weight excluding hydrogens is 328 g/mol. The highest BCUT2D eigenvalue weighted by Crippen LogP contribution is 2.18. The number of hydrogen-bond donors (Lipinski definition) is 2. The number of benzene rings is 3. The van der Waals surface area contributed by atoms with Crippen molar-refractivity contribution in [1.29, 1.82) is 0 Å². The predicted octanol–water partition coefficient (Wildman–Crippen LogP) is 4.41. The Bertz CT molecular complexity index is 891. The minimum absolute atomic E-state index is 0.258. The summed E-state index contributed by atoms with van der Waals surface area (Å²) in [4.78, 5) is 10.9. The first kappa shape index (κ1) is 17.2. The van der Waals surface area contributed by atoms with E-state index in [4.69, 9.17) is 9.84 Å². The van der Waals surface area contributed by atoms with Gasteiger partial charge < -0.3 is 9.84 Å². The van der Waals surface area contributed by atoms with Gasteiger partial charge in [-0.25, -0.2) is 4.79 Å². The highest BCUT2D eigenvalue weighted by molar-refractivity contribution is 5.87. The lowest BCUT2D eigenvalue weighted by Crippen LogP contribution is -2.00. The van der Waals surface area contributed by atoms with Crippen LogP contribution in [0, 0.1) is 0 Å². The molecule has 0 fully saturated rings. The summed E-state index contributed by atoms with van der Waals surface area (Å²) in [6, 6.07) is 23.9. The van der Waals surface area contributed by atoms with E-state index >= 15 is 0 Å². The van der Waals surface area contributed by atoms with Gasteiger partial charge in [-0.15, -0.1) is 0 Å². The number of aromatic carboxylic acids is 1. The molecule has 0 aliphatic carbocycles. The maximum absolute atomic E-state index is 10.9. The topological polar surface area (TPSA) is 70.9 Å². The normalized spacial score (nSPS) is 10.6. The molecule has 3 aromatic rings. The molecule has 0 saturated carbocycles. The Labute approximate surface area is 151 Å². The van der Waals surface area contributed by atoms with Gasteiger partial charge in [-0.2, -0.15) is 5.10 Å². The summed E-state index contributed by atoms with van der Waals surface area (Å²) in [5.74, 6) is -0.238. The number of carboxylic acids is 1. The fourth-order valence-electron chi connectivity index (χ4n) is 2.31. The first-order chi connectivity index (χ1) is 12.7. The fourth-order valence-corrected chi connectivity index (χ4v) is 2.31. The molecule has 2 N–H and O–H groups in total. The predicted molar refractivity (Wildman–Crippen MR) is 102 cm³/mol. The Morgan fingerprint density at radius 2 is 1.65 bits per heavy atom. The standard InChI is InChI=1S/C21H18N2O3/c24-21(25)17-12-10-16(11-13-17)15-26-20-9-5-4-6-18(20)14-22-23-19-7-2-1-3-8-19/h1-14,23H,15H2,(H,24,25)/b22-14-. The molecule has 0 bridgehead atoms. The summed E-state index contributed by atoms with van der Waals surface area (Å²) in [6.45, 7) is 0.344. The lowest BCUT2D eigenvalue weighted by Gasteiger charge is -2.09. The second-order valence-electron chi connectivity index (χ2n) is 5.56. The maximum atomic E-state index is 10.9. The maximum Gasteiger partial charge on any atom is 0.335 e. The van der Waals surface area contributed by atoms with E-state index in [1.165, 1.54) is 0 Å². The van der Waals surface area contributed by atoms with E-state index in [1.807, 2.05) is 54.6 Å². The molecule has 0 atom stereocenters. The zero-order valence-corrected chi connectivity index (χ0v) is 14.0. The Balaban J connectivity index is 1.64. The summed E-state index contributed by atoms with van der Waals surface area (Å²) >= 11 is 0. The van der Waals surface area contributed by atoms with E-state index in [9.17, 15) is 4.79 Å². The number of ether oxygens (including phenoxy) is 1. The van der Waals surface area contributed by atoms with Crippen molar-refractivity contribution in [2.45, 2.75) is 6.61 Å². The van der Waals surface area contributed by atoms with Crippen molar-refractivity contribution in [3.63, 3.8) is 0 Å². The molecule has 0 aliphatic rings. The molecule has 0 aromatic heterocycles. The molecule has 0 aliphatic heterocycles. The third-order valence-electron chi connectivity index (χ3n) is 3.69. The van der Waals surface area contributed by atoms with Gasteiger partial charge in [-0.1, -0.05) is 42.5 Å². The van der Waals surface area contributed by atoms with Crippen molar-refractivity contribution in [3.05, 3.63) is 95.6 Å². The molecule has 130 valence electrons. The van der Waals surface area contributed by atoms with Crippen LogP contribution in [0.5, 0.6) is 5.75 Å². The smallest absolute Gasteiger partial charge is 0.335 e. The van der Waals surface area contributed by atoms with Crippen molar-refractivity contribution in [1.82, 2.24) is 0 Å². The van der Waals surface area contributed by atoms with Crippen LogP contribution in [0.3, 0.4) is 0 Å². The van der Waals surface area contributed by atoms with E-state index in [2.05, 4.69) is 10.5 Å². The zero-order chi connectivity index (χ0) is 18.2. The van der Waals surface area contributed by atoms with E-state index in [0.29, 0.717) is 12.4 Å². The van der Waals surface area contributed by atoms with Crippen molar-refractivity contribution in [3.8, 4) is 5.75 Å². The van der Waals surface area contributed by atoms with E-state index < -0.39 is 5.97 Å². The Morgan fingerprint density at radius 3 is 2.38 bits per heavy atom. The number of hydrazone groups is 1. The summed E-state index contributed by atoms with van der Waals surface area (Å²) in [5.41, 5.74) is 5.87. The van der Waals surface area contributed by atoms with Crippen LogP contribution in [0.4, 0.5) is 5.69 Å². The van der Waals surface area contributed by atoms with Gasteiger partial charge in [0.05, 0.1) is 17.5 Å². The third kappa shape index (κ3) is 4.70. The number of nitrogens with zero attached hydrogens (tertiary/aromatic N) is 1. The van der Waals surface area contributed by atoms with Crippen LogP contribution >= 0.6 is 0 Å². The molecule has 0 unspecified atom stereocenters. The second-order valence-corrected chi connectivity index (χ2v) is 5.56. The summed E-state index contributed by atoms with van der Waals surface area (Å²) in [5, 5.41) is 13.2. The molecule has 5 heteroatoms. The average molecular weight is 346 g/mol. The average Bonchev–Trinajstić information content (AvgIpc) is 2.68. The minimum Gasteiger partial charge on any atom is -0.488 e. The van der Waals surface area contributed by atoms with E-state index in [-0.39, 0.29) is 5.56 Å². The monoisotopic (exact) mass is 346 g/mol. The van der Waals surface area contributed by atoms with Crippen LogP contribution in [0.25, 0.3) is 0 Å². The summed E-state index contributed by atoms with van der Waals surface area (Å²) in [7, 11) is 0. The van der Waals surface area contributed by atoms with Gasteiger partial charge in [-0.05, 0) is 42.0 Å². The van der Waals surface area contributed by atoms with Gasteiger partial charge in [0, 0.05) is 5.56 Å². The van der Waals surface area contributed by atoms with Crippen LogP contribution in [0.1, 0.15) is 21.5 Å². The lowest BCUT2D eigenvalue weighted by atomic mass is 10.1. The number of rotatable bonds is 7. The molecule has 5 nitrogen and oxygen atoms in total. The number of carboxylic acid groups (broad SMARTS) is 1. The van der Waals surface area contributed by atoms with Gasteiger partial charge >= 0.3 is 5.97 Å². The summed E-state index contributed by atoms with van der Waals surface area (Å²) < 4.78 is 5.86. The summed E-state index contributed by atoms with van der Waals surface area (Å²) in [6.07, 6.45) is 1.70. The van der Waals surface area contributed by atoms with Crippen molar-refractivity contribution in [2.24, 2.45) is 5.10 Å². The fraction of sp³-hybridized carbons (Fsp3) is 0.0476. The number of anilines is 1. The number of hydrogen-bond acceptors (Lipinski definition) is 4. The highest BCUT2D eigenvalue weighted by Gasteiger charge is 2.04. The quantitative estimate of drug-likeness (QED) is 0.491. The zero-order valence-electron chi connectivity index (χ0n) is 14.0. The number of para-hydroxylation sites is 2. The molecule has 0 spiro atoms. The van der Waals surface area contributed by atoms with Crippen LogP contribution in [-0.4, -0.2) is 17.3 Å². The Hall–Kier alpha value is -3.60. The van der Waals surface area contributed by atoms with Crippen LogP contribution < -0.4 is 10.2 Å².